The van der Waals surface area contributed by atoms with Gasteiger partial charge in [-0.25, -0.2) is 0 Å². The highest BCUT2D eigenvalue weighted by Crippen LogP contribution is 2.26. The van der Waals surface area contributed by atoms with Crippen LogP contribution in [0.3, 0.4) is 0 Å². The minimum Gasteiger partial charge on any atom is -0.457 e. The Balaban J connectivity index is 0.000000704. The molecule has 20 heavy (non-hydrogen) atoms. The lowest BCUT2D eigenvalue weighted by molar-refractivity contribution is 0.482. The summed E-state index contributed by atoms with van der Waals surface area (Å²) >= 11 is 0. The van der Waals surface area contributed by atoms with Gasteiger partial charge in [0.15, 0.2) is 4.90 Å². The molecule has 106 valence electrons. The van der Waals surface area contributed by atoms with Crippen molar-refractivity contribution in [1.29, 1.82) is 0 Å². The number of hydrogen-bond donors (Lipinski definition) is 0. The minimum absolute atomic E-state index is 0.499. The lowest BCUT2D eigenvalue weighted by Gasteiger charge is -2.06. The van der Waals surface area contributed by atoms with E-state index in [2.05, 4.69) is 24.3 Å². The van der Waals surface area contributed by atoms with Crippen LogP contribution >= 0.6 is 0 Å². The first-order valence-corrected chi connectivity index (χ1v) is 8.98. The maximum absolute atomic E-state index is 5.80. The lowest BCUT2D eigenvalue weighted by atomic mass is 10.3. The first-order valence-electron chi connectivity index (χ1n) is 7.42. The fourth-order valence-corrected chi connectivity index (χ4v) is 4.52. The number of benzene rings is 2. The Labute approximate surface area is 125 Å². The summed E-state index contributed by atoms with van der Waals surface area (Å²) in [5.41, 5.74) is 0. The van der Waals surface area contributed by atoms with Crippen molar-refractivity contribution in [1.82, 2.24) is 0 Å². The zero-order chi connectivity index (χ0) is 14.2. The Kier molecular flexibility index (Phi) is 6.00. The molecule has 1 aliphatic rings. The maximum atomic E-state index is 5.80. The number of hydrogen-bond acceptors (Lipinski definition) is 1. The van der Waals surface area contributed by atoms with Crippen molar-refractivity contribution >= 4 is 10.9 Å². The number of ether oxygens (including phenoxy) is 1. The topological polar surface area (TPSA) is 9.23 Å². The van der Waals surface area contributed by atoms with Gasteiger partial charge in [0.25, 0.3) is 0 Å². The van der Waals surface area contributed by atoms with E-state index in [1.165, 1.54) is 29.2 Å². The standard InChI is InChI=1S/C16H17OS.C2H6/c1-2-6-14(7-3-1)17-15-8-10-16(11-9-15)18-12-4-5-13-18;1-2/h1-3,6-11H,4-5,12-13H2;1-2H3/q+1;. The Morgan fingerprint density at radius 2 is 1.30 bits per heavy atom. The third-order valence-corrected chi connectivity index (χ3v) is 5.67. The van der Waals surface area contributed by atoms with Gasteiger partial charge in [0.05, 0.1) is 0 Å². The summed E-state index contributed by atoms with van der Waals surface area (Å²) in [5.74, 6) is 4.57. The van der Waals surface area contributed by atoms with E-state index >= 15 is 0 Å². The minimum atomic E-state index is 0.499. The molecule has 2 heteroatoms. The lowest BCUT2D eigenvalue weighted by Crippen LogP contribution is -2.03. The van der Waals surface area contributed by atoms with Crippen molar-refractivity contribution in [3.8, 4) is 11.5 Å². The van der Waals surface area contributed by atoms with Gasteiger partial charge in [-0.2, -0.15) is 0 Å². The predicted molar refractivity (Wildman–Crippen MR) is 88.9 cm³/mol. The molecule has 0 spiro atoms. The molecule has 1 saturated heterocycles. The van der Waals surface area contributed by atoms with E-state index in [0.29, 0.717) is 10.9 Å². The smallest absolute Gasteiger partial charge is 0.155 e. The highest BCUT2D eigenvalue weighted by molar-refractivity contribution is 7.97. The van der Waals surface area contributed by atoms with Gasteiger partial charge in [0, 0.05) is 10.9 Å². The normalized spacial score (nSPS) is 14.5. The average molecular weight is 287 g/mol. The van der Waals surface area contributed by atoms with Gasteiger partial charge in [-0.1, -0.05) is 32.0 Å². The molecule has 0 saturated carbocycles. The Hall–Kier alpha value is -1.41. The second-order valence-corrected chi connectivity index (χ2v) is 6.77. The highest BCUT2D eigenvalue weighted by atomic mass is 32.2. The van der Waals surface area contributed by atoms with Crippen molar-refractivity contribution < 1.29 is 4.74 Å². The summed E-state index contributed by atoms with van der Waals surface area (Å²) in [6.45, 7) is 4.00. The molecular weight excluding hydrogens is 264 g/mol. The molecule has 0 aromatic heterocycles. The van der Waals surface area contributed by atoms with Crippen LogP contribution in [0.2, 0.25) is 0 Å². The molecule has 1 aliphatic heterocycles. The van der Waals surface area contributed by atoms with Crippen LogP contribution in [0.1, 0.15) is 26.7 Å². The van der Waals surface area contributed by atoms with E-state index in [1.54, 1.807) is 0 Å². The van der Waals surface area contributed by atoms with Gasteiger partial charge in [-0.3, -0.25) is 0 Å². The largest absolute Gasteiger partial charge is 0.457 e. The molecule has 1 heterocycles. The van der Waals surface area contributed by atoms with E-state index in [-0.39, 0.29) is 0 Å². The quantitative estimate of drug-likeness (QED) is 0.698. The Morgan fingerprint density at radius 1 is 0.750 bits per heavy atom. The van der Waals surface area contributed by atoms with E-state index in [4.69, 9.17) is 4.74 Å². The fraction of sp³-hybridized carbons (Fsp3) is 0.333. The molecule has 0 bridgehead atoms. The average Bonchev–Trinajstić information content (AvgIpc) is 3.05. The third-order valence-electron chi connectivity index (χ3n) is 3.17. The zero-order valence-corrected chi connectivity index (χ0v) is 13.2. The third kappa shape index (κ3) is 4.04. The fourth-order valence-electron chi connectivity index (χ4n) is 2.22. The molecule has 0 atom stereocenters. The molecule has 0 aliphatic carbocycles. The van der Waals surface area contributed by atoms with E-state index in [1.807, 2.05) is 44.2 Å². The molecule has 1 fully saturated rings. The molecule has 2 aromatic carbocycles. The monoisotopic (exact) mass is 287 g/mol. The molecule has 3 rings (SSSR count). The van der Waals surface area contributed by atoms with Crippen LogP contribution in [-0.2, 0) is 10.9 Å². The maximum Gasteiger partial charge on any atom is 0.155 e. The van der Waals surface area contributed by atoms with Crippen LogP contribution in [0.25, 0.3) is 0 Å². The van der Waals surface area contributed by atoms with Gasteiger partial charge in [-0.15, -0.1) is 0 Å². The van der Waals surface area contributed by atoms with E-state index in [9.17, 15) is 0 Å². The Morgan fingerprint density at radius 3 is 1.90 bits per heavy atom. The molecule has 0 radical (unpaired) electrons. The van der Waals surface area contributed by atoms with Crippen LogP contribution in [0.5, 0.6) is 11.5 Å². The second kappa shape index (κ2) is 8.01. The van der Waals surface area contributed by atoms with Crippen molar-refractivity contribution in [3.05, 3.63) is 54.6 Å². The molecule has 2 aromatic rings. The second-order valence-electron chi connectivity index (χ2n) is 4.49. The van der Waals surface area contributed by atoms with Gasteiger partial charge < -0.3 is 4.74 Å². The zero-order valence-electron chi connectivity index (χ0n) is 12.3. The van der Waals surface area contributed by atoms with Crippen LogP contribution in [-0.4, -0.2) is 11.5 Å². The van der Waals surface area contributed by atoms with Crippen molar-refractivity contribution in [2.75, 3.05) is 11.5 Å². The summed E-state index contributed by atoms with van der Waals surface area (Å²) in [4.78, 5) is 1.49. The van der Waals surface area contributed by atoms with Crippen LogP contribution in [0, 0.1) is 0 Å². The summed E-state index contributed by atoms with van der Waals surface area (Å²) in [7, 11) is 0.499. The predicted octanol–water partition coefficient (Wildman–Crippen LogP) is 5.28. The molecule has 0 unspecified atom stereocenters. The van der Waals surface area contributed by atoms with Crippen LogP contribution < -0.4 is 4.74 Å². The van der Waals surface area contributed by atoms with Crippen LogP contribution in [0.4, 0.5) is 0 Å². The molecule has 0 amide bonds. The number of para-hydroxylation sites is 1. The van der Waals surface area contributed by atoms with Crippen molar-refractivity contribution in [3.63, 3.8) is 0 Å². The first-order chi connectivity index (χ1) is 9.92. The SMILES string of the molecule is CC.c1ccc(Oc2ccc([S+]3CCCC3)cc2)cc1. The van der Waals surface area contributed by atoms with E-state index < -0.39 is 0 Å². The van der Waals surface area contributed by atoms with E-state index in [0.717, 1.165) is 11.5 Å². The van der Waals surface area contributed by atoms with Crippen LogP contribution in [0.15, 0.2) is 59.5 Å². The summed E-state index contributed by atoms with van der Waals surface area (Å²) < 4.78 is 5.80. The summed E-state index contributed by atoms with van der Waals surface area (Å²) in [6.07, 6.45) is 2.79. The summed E-state index contributed by atoms with van der Waals surface area (Å²) in [6, 6.07) is 18.6. The summed E-state index contributed by atoms with van der Waals surface area (Å²) in [5, 5.41) is 0. The van der Waals surface area contributed by atoms with Crippen molar-refractivity contribution in [2.45, 2.75) is 31.6 Å². The molecule has 0 N–H and O–H groups in total. The number of rotatable bonds is 3. The van der Waals surface area contributed by atoms with Crippen molar-refractivity contribution in [2.24, 2.45) is 0 Å². The highest BCUT2D eigenvalue weighted by Gasteiger charge is 2.26. The molecular formula is C18H23OS+. The van der Waals surface area contributed by atoms with Gasteiger partial charge >= 0.3 is 0 Å². The van der Waals surface area contributed by atoms with Gasteiger partial charge in [0.1, 0.15) is 23.0 Å². The first kappa shape index (κ1) is 15.0. The molecule has 1 nitrogen and oxygen atoms in total. The van der Waals surface area contributed by atoms with Gasteiger partial charge in [0.2, 0.25) is 0 Å². The Bertz CT molecular complexity index is 487. The van der Waals surface area contributed by atoms with Gasteiger partial charge in [-0.05, 0) is 49.2 Å².